The zero-order valence-electron chi connectivity index (χ0n) is 11.1. The van der Waals surface area contributed by atoms with Crippen LogP contribution >= 0.6 is 0 Å². The molecule has 1 aromatic heterocycles. The minimum atomic E-state index is -0.218. The van der Waals surface area contributed by atoms with E-state index in [1.165, 1.54) is 0 Å². The summed E-state index contributed by atoms with van der Waals surface area (Å²) in [5.41, 5.74) is 2.36. The van der Waals surface area contributed by atoms with Crippen molar-refractivity contribution >= 4 is 11.7 Å². The van der Waals surface area contributed by atoms with Gasteiger partial charge in [-0.3, -0.25) is 4.79 Å². The van der Waals surface area contributed by atoms with Crippen molar-refractivity contribution in [1.29, 1.82) is 0 Å². The van der Waals surface area contributed by atoms with Gasteiger partial charge in [-0.15, -0.1) is 0 Å². The molecule has 1 aromatic carbocycles. The Hall–Kier alpha value is -2.64. The van der Waals surface area contributed by atoms with E-state index in [9.17, 15) is 4.79 Å². The van der Waals surface area contributed by atoms with E-state index < -0.39 is 0 Å². The van der Waals surface area contributed by atoms with Gasteiger partial charge in [-0.1, -0.05) is 29.5 Å². The molecule has 0 saturated carbocycles. The van der Waals surface area contributed by atoms with Gasteiger partial charge in [0.1, 0.15) is 12.4 Å². The maximum absolute atomic E-state index is 12.0. The average Bonchev–Trinajstić information content (AvgIpc) is 2.46. The number of aryl methyl sites for hydroxylation is 1. The lowest BCUT2D eigenvalue weighted by molar-refractivity contribution is 0.102. The first-order valence-electron chi connectivity index (χ1n) is 6.13. The molecule has 2 aromatic rings. The molecule has 4 heteroatoms. The molecule has 20 heavy (non-hydrogen) atoms. The lowest BCUT2D eigenvalue weighted by Crippen LogP contribution is -2.12. The Morgan fingerprint density at radius 1 is 1.30 bits per heavy atom. The number of amides is 1. The Kier molecular flexibility index (Phi) is 4.48. The number of pyridine rings is 1. The maximum atomic E-state index is 12.0. The highest BCUT2D eigenvalue weighted by molar-refractivity contribution is 6.03. The third-order valence-corrected chi connectivity index (χ3v) is 2.63. The van der Waals surface area contributed by atoms with E-state index in [1.807, 2.05) is 19.1 Å². The molecule has 1 heterocycles. The van der Waals surface area contributed by atoms with Crippen LogP contribution in [-0.4, -0.2) is 22.6 Å². The number of hydrogen-bond donors (Lipinski definition) is 2. The summed E-state index contributed by atoms with van der Waals surface area (Å²) in [6, 6.07) is 10.7. The Morgan fingerprint density at radius 2 is 2.05 bits per heavy atom. The van der Waals surface area contributed by atoms with Crippen molar-refractivity contribution in [3.05, 3.63) is 59.3 Å². The van der Waals surface area contributed by atoms with E-state index in [4.69, 9.17) is 5.11 Å². The van der Waals surface area contributed by atoms with E-state index in [2.05, 4.69) is 22.1 Å². The number of carbonyl (C=O) groups excluding carboxylic acids is 1. The highest BCUT2D eigenvalue weighted by atomic mass is 16.2. The first-order valence-corrected chi connectivity index (χ1v) is 6.13. The van der Waals surface area contributed by atoms with Crippen LogP contribution in [0.5, 0.6) is 0 Å². The van der Waals surface area contributed by atoms with Crippen molar-refractivity contribution < 1.29 is 9.90 Å². The third kappa shape index (κ3) is 3.67. The van der Waals surface area contributed by atoms with Crippen LogP contribution in [0.2, 0.25) is 0 Å². The number of nitrogens with zero attached hydrogens (tertiary/aromatic N) is 1. The van der Waals surface area contributed by atoms with Crippen molar-refractivity contribution in [2.45, 2.75) is 6.92 Å². The monoisotopic (exact) mass is 266 g/mol. The summed E-state index contributed by atoms with van der Waals surface area (Å²) in [6.07, 6.45) is 1.56. The number of aliphatic hydroxyl groups is 1. The van der Waals surface area contributed by atoms with Crippen LogP contribution in [0.1, 0.15) is 21.5 Å². The number of hydrogen-bond acceptors (Lipinski definition) is 3. The van der Waals surface area contributed by atoms with E-state index in [0.29, 0.717) is 16.9 Å². The molecular weight excluding hydrogens is 252 g/mol. The van der Waals surface area contributed by atoms with Crippen LogP contribution in [0, 0.1) is 18.8 Å². The van der Waals surface area contributed by atoms with E-state index >= 15 is 0 Å². The Bertz CT molecular complexity index is 667. The van der Waals surface area contributed by atoms with Gasteiger partial charge in [0.05, 0.1) is 0 Å². The van der Waals surface area contributed by atoms with Crippen molar-refractivity contribution in [2.75, 3.05) is 11.9 Å². The predicted molar refractivity (Wildman–Crippen MR) is 77.3 cm³/mol. The molecule has 0 fully saturated rings. The first kappa shape index (κ1) is 13.8. The minimum absolute atomic E-state index is 0.201. The van der Waals surface area contributed by atoms with Crippen molar-refractivity contribution in [3.8, 4) is 11.8 Å². The Balaban J connectivity index is 2.13. The second-order valence-electron chi connectivity index (χ2n) is 4.21. The lowest BCUT2D eigenvalue weighted by Gasteiger charge is -2.05. The normalized spacial score (nSPS) is 9.50. The molecule has 1 amide bonds. The summed E-state index contributed by atoms with van der Waals surface area (Å²) in [5.74, 6) is 5.53. The van der Waals surface area contributed by atoms with Crippen LogP contribution in [-0.2, 0) is 0 Å². The number of anilines is 1. The molecule has 0 saturated heterocycles. The van der Waals surface area contributed by atoms with Crippen LogP contribution < -0.4 is 5.32 Å². The van der Waals surface area contributed by atoms with E-state index in [1.54, 1.807) is 30.5 Å². The third-order valence-electron chi connectivity index (χ3n) is 2.63. The standard InChI is InChI=1S/C16H14N2O2/c1-12-4-6-14(7-5-12)16(20)18-15-11-13(3-2-10-19)8-9-17-15/h4-9,11,19H,10H2,1H3,(H,17,18,20). The molecule has 2 N–H and O–H groups in total. The van der Waals surface area contributed by atoms with Crippen molar-refractivity contribution in [2.24, 2.45) is 0 Å². The smallest absolute Gasteiger partial charge is 0.256 e. The average molecular weight is 266 g/mol. The second-order valence-corrected chi connectivity index (χ2v) is 4.21. The summed E-state index contributed by atoms with van der Waals surface area (Å²) in [5, 5.41) is 11.4. The molecule has 0 unspecified atom stereocenters. The molecule has 0 radical (unpaired) electrons. The number of rotatable bonds is 2. The summed E-state index contributed by atoms with van der Waals surface area (Å²) < 4.78 is 0. The molecule has 0 aliphatic rings. The van der Waals surface area contributed by atoms with E-state index in [0.717, 1.165) is 5.56 Å². The number of carbonyl (C=O) groups is 1. The summed E-state index contributed by atoms with van der Waals surface area (Å²) in [4.78, 5) is 16.1. The summed E-state index contributed by atoms with van der Waals surface area (Å²) >= 11 is 0. The molecule has 4 nitrogen and oxygen atoms in total. The summed E-state index contributed by atoms with van der Waals surface area (Å²) in [7, 11) is 0. The molecule has 2 rings (SSSR count). The van der Waals surface area contributed by atoms with Gasteiger partial charge in [0, 0.05) is 17.3 Å². The Morgan fingerprint density at radius 3 is 2.75 bits per heavy atom. The SMILES string of the molecule is Cc1ccc(C(=O)Nc2cc(C#CCO)ccn2)cc1. The van der Waals surface area contributed by atoms with Crippen molar-refractivity contribution in [1.82, 2.24) is 4.98 Å². The van der Waals surface area contributed by atoms with Gasteiger partial charge in [-0.05, 0) is 31.2 Å². The number of nitrogens with one attached hydrogen (secondary N) is 1. The van der Waals surface area contributed by atoms with Crippen LogP contribution in [0.3, 0.4) is 0 Å². The number of aromatic nitrogens is 1. The van der Waals surface area contributed by atoms with Crippen LogP contribution in [0.4, 0.5) is 5.82 Å². The molecule has 0 atom stereocenters. The summed E-state index contributed by atoms with van der Waals surface area (Å²) in [6.45, 7) is 1.76. The molecule has 0 aliphatic carbocycles. The fraction of sp³-hybridized carbons (Fsp3) is 0.125. The van der Waals surface area contributed by atoms with Gasteiger partial charge < -0.3 is 10.4 Å². The van der Waals surface area contributed by atoms with Gasteiger partial charge >= 0.3 is 0 Å². The minimum Gasteiger partial charge on any atom is -0.384 e. The molecule has 100 valence electrons. The van der Waals surface area contributed by atoms with Crippen LogP contribution in [0.25, 0.3) is 0 Å². The van der Waals surface area contributed by atoms with Gasteiger partial charge in [-0.25, -0.2) is 4.98 Å². The molecular formula is C16H14N2O2. The van der Waals surface area contributed by atoms with Crippen molar-refractivity contribution in [3.63, 3.8) is 0 Å². The first-order chi connectivity index (χ1) is 9.69. The van der Waals surface area contributed by atoms with Crippen LogP contribution in [0.15, 0.2) is 42.6 Å². The topological polar surface area (TPSA) is 62.2 Å². The van der Waals surface area contributed by atoms with Gasteiger partial charge in [0.2, 0.25) is 0 Å². The zero-order chi connectivity index (χ0) is 14.4. The Labute approximate surface area is 117 Å². The number of aliphatic hydroxyl groups excluding tert-OH is 1. The predicted octanol–water partition coefficient (Wildman–Crippen LogP) is 1.99. The highest BCUT2D eigenvalue weighted by Crippen LogP contribution is 2.09. The van der Waals surface area contributed by atoms with Gasteiger partial charge in [0.15, 0.2) is 0 Å². The molecule has 0 aliphatic heterocycles. The second kappa shape index (κ2) is 6.50. The maximum Gasteiger partial charge on any atom is 0.256 e. The van der Waals surface area contributed by atoms with E-state index in [-0.39, 0.29) is 12.5 Å². The molecule has 0 spiro atoms. The highest BCUT2D eigenvalue weighted by Gasteiger charge is 2.06. The number of benzene rings is 1. The largest absolute Gasteiger partial charge is 0.384 e. The fourth-order valence-corrected chi connectivity index (χ4v) is 1.61. The fourth-order valence-electron chi connectivity index (χ4n) is 1.61. The lowest BCUT2D eigenvalue weighted by atomic mass is 10.1. The quantitative estimate of drug-likeness (QED) is 0.817. The molecule has 0 bridgehead atoms. The van der Waals surface area contributed by atoms with Gasteiger partial charge in [0.25, 0.3) is 5.91 Å². The zero-order valence-corrected chi connectivity index (χ0v) is 11.1. The van der Waals surface area contributed by atoms with Gasteiger partial charge in [-0.2, -0.15) is 0 Å².